The first-order valence-corrected chi connectivity index (χ1v) is 25.2. The molecule has 316 valence electrons. The Kier molecular flexibility index (Phi) is 8.24. The molecule has 15 aromatic rings. The number of nitrogens with zero attached hydrogens (tertiary/aromatic N) is 4. The summed E-state index contributed by atoms with van der Waals surface area (Å²) in [4.78, 5) is 16.1. The molecule has 0 aliphatic carbocycles. The summed E-state index contributed by atoms with van der Waals surface area (Å²) in [6.45, 7) is 0. The SMILES string of the molecule is c1ccc2cc3c(cc2c1)c1ccccc1n3-c1ccc(-c2nc(-c3ccc4c(c3)sc3ccccc34)nc(-c3ccc4c(c3)sc3ccccc34)n2)cc1-c1cccc2sc3ccccc3c12. The number of thiophene rings is 3. The van der Waals surface area contributed by atoms with Gasteiger partial charge in [0.15, 0.2) is 17.5 Å². The Hall–Kier alpha value is -8.07. The van der Waals surface area contributed by atoms with Crippen molar-refractivity contribution in [1.82, 2.24) is 19.5 Å². The first-order valence-electron chi connectivity index (χ1n) is 22.7. The summed E-state index contributed by atoms with van der Waals surface area (Å²) in [7, 11) is 0. The molecule has 0 spiro atoms. The minimum atomic E-state index is 0.626. The second kappa shape index (κ2) is 14.7. The Morgan fingerprint density at radius 1 is 0.294 bits per heavy atom. The monoisotopic (exact) mass is 918 g/mol. The van der Waals surface area contributed by atoms with Gasteiger partial charge in [0.2, 0.25) is 0 Å². The maximum absolute atomic E-state index is 5.40. The van der Waals surface area contributed by atoms with E-state index in [0.29, 0.717) is 17.5 Å². The second-order valence-electron chi connectivity index (χ2n) is 17.5. The molecule has 7 heteroatoms. The summed E-state index contributed by atoms with van der Waals surface area (Å²) < 4.78 is 9.95. The summed E-state index contributed by atoms with van der Waals surface area (Å²) in [5.74, 6) is 1.92. The predicted molar refractivity (Wildman–Crippen MR) is 292 cm³/mol. The zero-order valence-corrected chi connectivity index (χ0v) is 38.6. The zero-order chi connectivity index (χ0) is 44.5. The van der Waals surface area contributed by atoms with E-state index < -0.39 is 0 Å². The number of rotatable bonds is 5. The Morgan fingerprint density at radius 3 is 1.44 bits per heavy atom. The van der Waals surface area contributed by atoms with Crippen LogP contribution in [0.1, 0.15) is 0 Å². The van der Waals surface area contributed by atoms with Crippen molar-refractivity contribution in [2.75, 3.05) is 0 Å². The third kappa shape index (κ3) is 5.80. The maximum Gasteiger partial charge on any atom is 0.164 e. The number of hydrogen-bond acceptors (Lipinski definition) is 6. The van der Waals surface area contributed by atoms with Crippen molar-refractivity contribution in [2.24, 2.45) is 0 Å². The topological polar surface area (TPSA) is 43.6 Å². The second-order valence-corrected chi connectivity index (χ2v) is 20.8. The standard InChI is InChI=1S/C61H34N4S3/c1-2-13-36-32-51-47(30-35(36)12-1)40-14-3-7-19-49(40)65(51)50-29-26-37(31-48(50)45-18-11-23-55-58(45)46-17-6-10-22-54(46)66-55)59-62-60(38-24-27-43-41-15-4-8-20-52(41)67-56(43)33-38)64-61(63-59)39-25-28-44-42-16-5-9-21-53(42)68-57(44)34-39/h1-34H. The van der Waals surface area contributed by atoms with Crippen molar-refractivity contribution < 1.29 is 0 Å². The van der Waals surface area contributed by atoms with E-state index in [1.165, 1.54) is 93.1 Å². The molecule has 0 aliphatic heterocycles. The van der Waals surface area contributed by atoms with Crippen molar-refractivity contribution in [1.29, 1.82) is 0 Å². The molecule has 0 saturated heterocycles. The fourth-order valence-corrected chi connectivity index (χ4v) is 13.9. The molecule has 0 bridgehead atoms. The predicted octanol–water partition coefficient (Wildman–Crippen LogP) is 17.9. The molecule has 0 N–H and O–H groups in total. The molecule has 0 fully saturated rings. The quantitative estimate of drug-likeness (QED) is 0.173. The average Bonchev–Trinajstić information content (AvgIpc) is 4.16. The van der Waals surface area contributed by atoms with Gasteiger partial charge in [-0.25, -0.2) is 15.0 Å². The summed E-state index contributed by atoms with van der Waals surface area (Å²) in [5, 5.41) is 12.4. The summed E-state index contributed by atoms with van der Waals surface area (Å²) in [6, 6.07) is 75.1. The fourth-order valence-electron chi connectivity index (χ4n) is 10.5. The zero-order valence-electron chi connectivity index (χ0n) is 36.1. The summed E-state index contributed by atoms with van der Waals surface area (Å²) in [6.07, 6.45) is 0. The van der Waals surface area contributed by atoms with Crippen LogP contribution in [-0.4, -0.2) is 19.5 Å². The molecular formula is C61H34N4S3. The third-order valence-electron chi connectivity index (χ3n) is 13.6. The maximum atomic E-state index is 5.40. The average molecular weight is 919 g/mol. The van der Waals surface area contributed by atoms with Gasteiger partial charge in [-0.05, 0) is 89.1 Å². The molecule has 0 atom stereocenters. The van der Waals surface area contributed by atoms with Crippen LogP contribution in [0.4, 0.5) is 0 Å². The normalized spacial score (nSPS) is 12.1. The van der Waals surface area contributed by atoms with Crippen molar-refractivity contribution in [3.8, 4) is 51.0 Å². The van der Waals surface area contributed by atoms with Crippen LogP contribution in [0.2, 0.25) is 0 Å². The molecule has 5 aromatic heterocycles. The van der Waals surface area contributed by atoms with Crippen LogP contribution in [0.5, 0.6) is 0 Å². The molecule has 0 amide bonds. The van der Waals surface area contributed by atoms with Crippen molar-refractivity contribution >= 4 is 127 Å². The van der Waals surface area contributed by atoms with Crippen LogP contribution in [0.15, 0.2) is 206 Å². The van der Waals surface area contributed by atoms with Crippen LogP contribution in [0, 0.1) is 0 Å². The summed E-state index contributed by atoms with van der Waals surface area (Å²) in [5.41, 5.74) is 8.53. The van der Waals surface area contributed by atoms with E-state index in [2.05, 4.69) is 211 Å². The lowest BCUT2D eigenvalue weighted by atomic mass is 9.95. The van der Waals surface area contributed by atoms with Crippen molar-refractivity contribution in [3.05, 3.63) is 206 Å². The van der Waals surface area contributed by atoms with E-state index in [0.717, 1.165) is 33.5 Å². The molecule has 5 heterocycles. The van der Waals surface area contributed by atoms with Crippen molar-refractivity contribution in [2.45, 2.75) is 0 Å². The highest BCUT2D eigenvalue weighted by atomic mass is 32.1. The molecule has 0 saturated carbocycles. The molecule has 0 unspecified atom stereocenters. The van der Waals surface area contributed by atoms with Crippen LogP contribution >= 0.6 is 34.0 Å². The molecule has 0 radical (unpaired) electrons. The lowest BCUT2D eigenvalue weighted by Crippen LogP contribution is -2.02. The lowest BCUT2D eigenvalue weighted by Gasteiger charge is -2.17. The van der Waals surface area contributed by atoms with Crippen LogP contribution in [0.3, 0.4) is 0 Å². The highest BCUT2D eigenvalue weighted by molar-refractivity contribution is 7.26. The molecule has 68 heavy (non-hydrogen) atoms. The fraction of sp³-hybridized carbons (Fsp3) is 0. The molecular weight excluding hydrogens is 885 g/mol. The van der Waals surface area contributed by atoms with Gasteiger partial charge in [-0.2, -0.15) is 0 Å². The van der Waals surface area contributed by atoms with E-state index in [-0.39, 0.29) is 0 Å². The van der Waals surface area contributed by atoms with Gasteiger partial charge >= 0.3 is 0 Å². The first kappa shape index (κ1) is 38.1. The van der Waals surface area contributed by atoms with Crippen LogP contribution < -0.4 is 0 Å². The van der Waals surface area contributed by atoms with E-state index in [1.807, 2.05) is 34.0 Å². The van der Waals surface area contributed by atoms with E-state index in [4.69, 9.17) is 15.0 Å². The molecule has 10 aromatic carbocycles. The van der Waals surface area contributed by atoms with Crippen LogP contribution in [-0.2, 0) is 0 Å². The Labute approximate surface area is 401 Å². The molecule has 0 aliphatic rings. The summed E-state index contributed by atoms with van der Waals surface area (Å²) >= 11 is 5.46. The Balaban J connectivity index is 1.00. The van der Waals surface area contributed by atoms with E-state index >= 15 is 0 Å². The highest BCUT2D eigenvalue weighted by Crippen LogP contribution is 2.45. The largest absolute Gasteiger partial charge is 0.309 e. The lowest BCUT2D eigenvalue weighted by molar-refractivity contribution is 1.07. The van der Waals surface area contributed by atoms with E-state index in [9.17, 15) is 0 Å². The van der Waals surface area contributed by atoms with E-state index in [1.54, 1.807) is 0 Å². The number of para-hydroxylation sites is 1. The smallest absolute Gasteiger partial charge is 0.164 e. The third-order valence-corrected chi connectivity index (χ3v) is 17.0. The Morgan fingerprint density at radius 2 is 0.779 bits per heavy atom. The highest BCUT2D eigenvalue weighted by Gasteiger charge is 2.22. The van der Waals surface area contributed by atoms with Crippen molar-refractivity contribution in [3.63, 3.8) is 0 Å². The van der Waals surface area contributed by atoms with Crippen LogP contribution in [0.25, 0.3) is 144 Å². The molecule has 15 rings (SSSR count). The number of aromatic nitrogens is 4. The van der Waals surface area contributed by atoms with Gasteiger partial charge in [-0.3, -0.25) is 0 Å². The Bertz CT molecular complexity index is 4460. The van der Waals surface area contributed by atoms with Gasteiger partial charge in [0.1, 0.15) is 0 Å². The first-order chi connectivity index (χ1) is 33.7. The van der Waals surface area contributed by atoms with Gasteiger partial charge < -0.3 is 4.57 Å². The van der Waals surface area contributed by atoms with Gasteiger partial charge in [0.25, 0.3) is 0 Å². The molecule has 4 nitrogen and oxygen atoms in total. The number of fused-ring (bicyclic) bond motifs is 13. The number of benzene rings is 10. The van der Waals surface area contributed by atoms with Gasteiger partial charge in [0, 0.05) is 93.5 Å². The van der Waals surface area contributed by atoms with Gasteiger partial charge in [-0.1, -0.05) is 133 Å². The number of hydrogen-bond donors (Lipinski definition) is 0. The minimum absolute atomic E-state index is 0.626. The van der Waals surface area contributed by atoms with Gasteiger partial charge in [-0.15, -0.1) is 34.0 Å². The minimum Gasteiger partial charge on any atom is -0.309 e. The van der Waals surface area contributed by atoms with Gasteiger partial charge in [0.05, 0.1) is 16.7 Å².